The van der Waals surface area contributed by atoms with Crippen LogP contribution in [0.3, 0.4) is 0 Å². The number of rotatable bonds is 9. The number of nitrogens with zero attached hydrogens (tertiary/aromatic N) is 2. The number of benzene rings is 2. The summed E-state index contributed by atoms with van der Waals surface area (Å²) in [5.41, 5.74) is 8.30. The molecule has 140 valence electrons. The second-order valence-corrected chi connectivity index (χ2v) is 7.71. The van der Waals surface area contributed by atoms with Crippen molar-refractivity contribution >= 4 is 39.2 Å². The topological polar surface area (TPSA) is 133 Å². The second-order valence-electron chi connectivity index (χ2n) is 5.09. The lowest BCUT2D eigenvalue weighted by atomic mass is 10.2. The first-order chi connectivity index (χ1) is 12.4. The van der Waals surface area contributed by atoms with Crippen LogP contribution in [0, 0.1) is 6.92 Å². The zero-order valence-electron chi connectivity index (χ0n) is 13.7. The molecule has 0 aliphatic rings. The zero-order chi connectivity index (χ0) is 19.0. The molecule has 0 heterocycles. The van der Waals surface area contributed by atoms with Crippen molar-refractivity contribution in [1.82, 2.24) is 0 Å². The monoisotopic (exact) mass is 399 g/mol. The van der Waals surface area contributed by atoms with Crippen molar-refractivity contribution < 1.29 is 27.2 Å². The fourth-order valence-corrected chi connectivity index (χ4v) is 3.35. The molecular weight excluding hydrogens is 382 g/mol. The third-order valence-corrected chi connectivity index (χ3v) is 5.31. The van der Waals surface area contributed by atoms with E-state index in [0.717, 1.165) is 5.56 Å². The number of hydrogen-bond acceptors (Lipinski definition) is 10. The molecule has 0 aromatic heterocycles. The number of azo groups is 1. The van der Waals surface area contributed by atoms with Gasteiger partial charge in [0.05, 0.1) is 28.6 Å². The minimum absolute atomic E-state index is 0.0929. The Hall–Kier alpha value is -2.02. The van der Waals surface area contributed by atoms with E-state index < -0.39 is 9.84 Å². The van der Waals surface area contributed by atoms with Crippen molar-refractivity contribution in [3.8, 4) is 0 Å². The number of sulfone groups is 1. The molecule has 2 rings (SSSR count). The van der Waals surface area contributed by atoms with E-state index in [1.165, 1.54) is 12.1 Å². The zero-order valence-corrected chi connectivity index (χ0v) is 15.4. The summed E-state index contributed by atoms with van der Waals surface area (Å²) in [7, 11) is -3.58. The molecule has 11 heteroatoms. The largest absolute Gasteiger partial charge is 0.399 e. The SMILES string of the molecule is Cc1cc(N=Nc2cccc(S(=O)(=O)CCOSOOO)c2)ccc1N. The number of nitrogens with two attached hydrogens (primary N) is 1. The predicted molar refractivity (Wildman–Crippen MR) is 96.6 cm³/mol. The number of anilines is 1. The van der Waals surface area contributed by atoms with E-state index >= 15 is 0 Å². The molecule has 0 aliphatic heterocycles. The quantitative estimate of drug-likeness (QED) is 0.163. The summed E-state index contributed by atoms with van der Waals surface area (Å²) in [4.78, 5) is 0.0929. The summed E-state index contributed by atoms with van der Waals surface area (Å²) in [6.07, 6.45) is 0. The molecular formula is C15H17N3O6S2. The Balaban J connectivity index is 2.06. The van der Waals surface area contributed by atoms with Crippen LogP contribution < -0.4 is 5.73 Å². The lowest BCUT2D eigenvalue weighted by Crippen LogP contribution is -2.11. The van der Waals surface area contributed by atoms with Crippen LogP contribution in [0.25, 0.3) is 0 Å². The van der Waals surface area contributed by atoms with Gasteiger partial charge in [-0.25, -0.2) is 13.7 Å². The maximum Gasteiger partial charge on any atom is 0.197 e. The van der Waals surface area contributed by atoms with Gasteiger partial charge in [-0.2, -0.15) is 10.2 Å². The molecule has 0 bridgehead atoms. The van der Waals surface area contributed by atoms with Gasteiger partial charge in [0, 0.05) is 5.69 Å². The lowest BCUT2D eigenvalue weighted by molar-refractivity contribution is -0.434. The standard InChI is InChI=1S/C15H17N3O6S2/c1-11-9-13(5-6-15(11)16)18-17-12-3-2-4-14(10-12)26(20,21)8-7-22-25-24-23-19/h2-6,9-10,19H,7-8,16H2,1H3. The first-order valence-electron chi connectivity index (χ1n) is 7.29. The Bertz CT molecular complexity index is 873. The number of nitrogen functional groups attached to an aromatic ring is 1. The predicted octanol–water partition coefficient (Wildman–Crippen LogP) is 3.77. The van der Waals surface area contributed by atoms with Gasteiger partial charge in [0.2, 0.25) is 0 Å². The average Bonchev–Trinajstić information content (AvgIpc) is 2.63. The minimum atomic E-state index is -3.58. The van der Waals surface area contributed by atoms with Gasteiger partial charge in [-0.05, 0) is 48.9 Å². The van der Waals surface area contributed by atoms with E-state index in [1.807, 2.05) is 6.92 Å². The van der Waals surface area contributed by atoms with Gasteiger partial charge in [0.1, 0.15) is 0 Å². The first-order valence-corrected chi connectivity index (χ1v) is 9.61. The van der Waals surface area contributed by atoms with Gasteiger partial charge in [-0.15, -0.1) is 4.33 Å². The van der Waals surface area contributed by atoms with Crippen LogP contribution in [0.15, 0.2) is 57.6 Å². The Morgan fingerprint density at radius 2 is 1.88 bits per heavy atom. The molecule has 9 nitrogen and oxygen atoms in total. The fourth-order valence-electron chi connectivity index (χ4n) is 1.90. The van der Waals surface area contributed by atoms with Crippen LogP contribution in [0.4, 0.5) is 17.1 Å². The summed E-state index contributed by atoms with van der Waals surface area (Å²) < 4.78 is 33.3. The maximum atomic E-state index is 12.3. The first kappa shape index (κ1) is 20.3. The number of hydrogen-bond donors (Lipinski definition) is 2. The Morgan fingerprint density at radius 1 is 1.15 bits per heavy atom. The molecule has 0 amide bonds. The van der Waals surface area contributed by atoms with Crippen LogP contribution in [0.5, 0.6) is 0 Å². The molecule has 2 aromatic carbocycles. The summed E-state index contributed by atoms with van der Waals surface area (Å²) >= 11 is 0.321. The van der Waals surface area contributed by atoms with Gasteiger partial charge in [-0.3, -0.25) is 4.18 Å². The highest BCUT2D eigenvalue weighted by Crippen LogP contribution is 2.24. The van der Waals surface area contributed by atoms with Crippen molar-refractivity contribution in [3.63, 3.8) is 0 Å². The average molecular weight is 399 g/mol. The van der Waals surface area contributed by atoms with E-state index in [0.29, 0.717) is 29.4 Å². The summed E-state index contributed by atoms with van der Waals surface area (Å²) in [6.45, 7) is 1.70. The van der Waals surface area contributed by atoms with Crippen molar-refractivity contribution in [1.29, 1.82) is 0 Å². The molecule has 3 N–H and O–H groups in total. The van der Waals surface area contributed by atoms with Gasteiger partial charge in [0.25, 0.3) is 0 Å². The van der Waals surface area contributed by atoms with Crippen molar-refractivity contribution in [3.05, 3.63) is 48.0 Å². The molecule has 0 saturated heterocycles. The van der Waals surface area contributed by atoms with E-state index in [-0.39, 0.29) is 17.3 Å². The van der Waals surface area contributed by atoms with Crippen LogP contribution in [-0.2, 0) is 23.4 Å². The summed E-state index contributed by atoms with van der Waals surface area (Å²) in [5.74, 6) is -0.285. The van der Waals surface area contributed by atoms with E-state index in [9.17, 15) is 8.42 Å². The Labute approximate surface area is 155 Å². The minimum Gasteiger partial charge on any atom is -0.399 e. The van der Waals surface area contributed by atoms with Crippen LogP contribution in [0.2, 0.25) is 0 Å². The van der Waals surface area contributed by atoms with E-state index in [4.69, 9.17) is 15.2 Å². The number of aryl methyl sites for hydroxylation is 1. The molecule has 26 heavy (non-hydrogen) atoms. The molecule has 2 aromatic rings. The molecule has 0 aliphatic carbocycles. The smallest absolute Gasteiger partial charge is 0.197 e. The third kappa shape index (κ3) is 6.05. The second kappa shape index (κ2) is 9.62. The highest BCUT2D eigenvalue weighted by molar-refractivity contribution is 7.91. The maximum absolute atomic E-state index is 12.3. The van der Waals surface area contributed by atoms with E-state index in [2.05, 4.69) is 19.6 Å². The van der Waals surface area contributed by atoms with Crippen LogP contribution in [0.1, 0.15) is 5.56 Å². The Kier molecular flexibility index (Phi) is 7.50. The normalized spacial score (nSPS) is 11.9. The third-order valence-electron chi connectivity index (χ3n) is 3.25. The van der Waals surface area contributed by atoms with E-state index in [1.54, 1.807) is 30.3 Å². The van der Waals surface area contributed by atoms with Crippen LogP contribution in [-0.4, -0.2) is 26.0 Å². The molecule has 0 spiro atoms. The molecule has 0 unspecified atom stereocenters. The highest BCUT2D eigenvalue weighted by Gasteiger charge is 2.15. The molecule has 0 fully saturated rings. The molecule has 0 atom stereocenters. The van der Waals surface area contributed by atoms with Crippen molar-refractivity contribution in [2.75, 3.05) is 18.1 Å². The summed E-state index contributed by atoms with van der Waals surface area (Å²) in [5, 5.41) is 19.4. The molecule has 0 radical (unpaired) electrons. The van der Waals surface area contributed by atoms with Gasteiger partial charge in [0.15, 0.2) is 22.2 Å². The fraction of sp³-hybridized carbons (Fsp3) is 0.200. The highest BCUT2D eigenvalue weighted by atomic mass is 32.2. The lowest BCUT2D eigenvalue weighted by Gasteiger charge is -2.05. The molecule has 0 saturated carbocycles. The van der Waals surface area contributed by atoms with Gasteiger partial charge < -0.3 is 5.73 Å². The van der Waals surface area contributed by atoms with Crippen LogP contribution >= 0.6 is 12.3 Å². The van der Waals surface area contributed by atoms with Crippen molar-refractivity contribution in [2.45, 2.75) is 11.8 Å². The van der Waals surface area contributed by atoms with Gasteiger partial charge >= 0.3 is 0 Å². The Morgan fingerprint density at radius 3 is 2.58 bits per heavy atom. The van der Waals surface area contributed by atoms with Gasteiger partial charge in [-0.1, -0.05) is 11.1 Å². The van der Waals surface area contributed by atoms with Crippen molar-refractivity contribution in [2.24, 2.45) is 10.2 Å². The summed E-state index contributed by atoms with van der Waals surface area (Å²) in [6, 6.07) is 11.3.